The van der Waals surface area contributed by atoms with Gasteiger partial charge in [0.15, 0.2) is 5.78 Å². The number of carbonyl (C=O) groups excluding carboxylic acids is 1. The molecule has 0 aliphatic rings. The number of aromatic nitrogens is 1. The van der Waals surface area contributed by atoms with Gasteiger partial charge in [0.2, 0.25) is 0 Å². The normalized spacial score (nSPS) is 10.3. The standard InChI is InChI=1S/C16H17NO2/c1-11-6-7-16(19-3)13(9-11)15(18)10-14-12(2)5-4-8-17-14/h4-9H,10H2,1-3H3. The fourth-order valence-electron chi connectivity index (χ4n) is 1.99. The SMILES string of the molecule is COc1ccc(C)cc1C(=O)Cc1ncccc1C. The molecule has 0 aliphatic carbocycles. The minimum Gasteiger partial charge on any atom is -0.496 e. The Labute approximate surface area is 113 Å². The van der Waals surface area contributed by atoms with Gasteiger partial charge in [-0.3, -0.25) is 9.78 Å². The van der Waals surface area contributed by atoms with Gasteiger partial charge in [-0.2, -0.15) is 0 Å². The summed E-state index contributed by atoms with van der Waals surface area (Å²) >= 11 is 0. The van der Waals surface area contributed by atoms with E-state index in [0.29, 0.717) is 17.7 Å². The highest BCUT2D eigenvalue weighted by Gasteiger charge is 2.14. The fraction of sp³-hybridized carbons (Fsp3) is 0.250. The summed E-state index contributed by atoms with van der Waals surface area (Å²) in [6.45, 7) is 3.92. The van der Waals surface area contributed by atoms with E-state index >= 15 is 0 Å². The highest BCUT2D eigenvalue weighted by atomic mass is 16.5. The lowest BCUT2D eigenvalue weighted by Gasteiger charge is -2.09. The zero-order valence-electron chi connectivity index (χ0n) is 11.4. The zero-order valence-corrected chi connectivity index (χ0v) is 11.4. The quantitative estimate of drug-likeness (QED) is 0.788. The van der Waals surface area contributed by atoms with Crippen LogP contribution >= 0.6 is 0 Å². The van der Waals surface area contributed by atoms with Crippen LogP contribution in [-0.4, -0.2) is 17.9 Å². The smallest absolute Gasteiger partial charge is 0.172 e. The summed E-state index contributed by atoms with van der Waals surface area (Å²) in [5.74, 6) is 0.645. The van der Waals surface area contributed by atoms with Gasteiger partial charge in [0, 0.05) is 6.20 Å². The van der Waals surface area contributed by atoms with E-state index in [2.05, 4.69) is 4.98 Å². The van der Waals surface area contributed by atoms with Gasteiger partial charge in [0.25, 0.3) is 0 Å². The van der Waals surface area contributed by atoms with Crippen molar-refractivity contribution in [3.63, 3.8) is 0 Å². The van der Waals surface area contributed by atoms with Crippen molar-refractivity contribution in [2.24, 2.45) is 0 Å². The largest absolute Gasteiger partial charge is 0.496 e. The molecule has 3 heteroatoms. The third kappa shape index (κ3) is 2.99. The Morgan fingerprint density at radius 3 is 2.74 bits per heavy atom. The maximum atomic E-state index is 12.4. The molecule has 3 nitrogen and oxygen atoms in total. The molecule has 0 saturated heterocycles. The van der Waals surface area contributed by atoms with Crippen molar-refractivity contribution in [1.82, 2.24) is 4.98 Å². The molecule has 1 aromatic heterocycles. The Bertz CT molecular complexity index is 605. The van der Waals surface area contributed by atoms with E-state index in [0.717, 1.165) is 16.8 Å². The van der Waals surface area contributed by atoms with E-state index in [1.54, 1.807) is 13.3 Å². The summed E-state index contributed by atoms with van der Waals surface area (Å²) in [7, 11) is 1.58. The van der Waals surface area contributed by atoms with Crippen LogP contribution in [0.5, 0.6) is 5.75 Å². The van der Waals surface area contributed by atoms with Gasteiger partial charge in [-0.1, -0.05) is 17.7 Å². The molecule has 1 heterocycles. The third-order valence-corrected chi connectivity index (χ3v) is 3.10. The average molecular weight is 255 g/mol. The van der Waals surface area contributed by atoms with Crippen LogP contribution in [-0.2, 0) is 6.42 Å². The summed E-state index contributed by atoms with van der Waals surface area (Å²) < 4.78 is 5.25. The first-order chi connectivity index (χ1) is 9.11. The van der Waals surface area contributed by atoms with Crippen molar-refractivity contribution in [1.29, 1.82) is 0 Å². The molecule has 0 N–H and O–H groups in total. The minimum atomic E-state index is 0.0300. The Kier molecular flexibility index (Phi) is 3.95. The second-order valence-corrected chi connectivity index (χ2v) is 4.57. The van der Waals surface area contributed by atoms with Crippen LogP contribution in [0.1, 0.15) is 27.2 Å². The second kappa shape index (κ2) is 5.65. The maximum absolute atomic E-state index is 12.4. The summed E-state index contributed by atoms with van der Waals surface area (Å²) in [6, 6.07) is 9.45. The predicted molar refractivity (Wildman–Crippen MR) is 74.7 cm³/mol. The monoisotopic (exact) mass is 255 g/mol. The number of aryl methyl sites for hydroxylation is 2. The average Bonchev–Trinajstić information content (AvgIpc) is 2.41. The molecule has 0 saturated carbocycles. The Hall–Kier alpha value is -2.16. The number of carbonyl (C=O) groups is 1. The first kappa shape index (κ1) is 13.3. The molecule has 19 heavy (non-hydrogen) atoms. The molecule has 0 atom stereocenters. The Balaban J connectivity index is 2.30. The van der Waals surface area contributed by atoms with Crippen LogP contribution in [0.2, 0.25) is 0 Å². The van der Waals surface area contributed by atoms with Crippen molar-refractivity contribution in [2.75, 3.05) is 7.11 Å². The number of methoxy groups -OCH3 is 1. The molecule has 0 aliphatic heterocycles. The van der Waals surface area contributed by atoms with Gasteiger partial charge in [0.05, 0.1) is 24.8 Å². The van der Waals surface area contributed by atoms with Gasteiger partial charge in [-0.05, 0) is 37.6 Å². The number of rotatable bonds is 4. The molecule has 0 spiro atoms. The van der Waals surface area contributed by atoms with Crippen LogP contribution in [0.4, 0.5) is 0 Å². The summed E-state index contributed by atoms with van der Waals surface area (Å²) in [6.07, 6.45) is 2.01. The van der Waals surface area contributed by atoms with Gasteiger partial charge in [-0.15, -0.1) is 0 Å². The number of benzene rings is 1. The molecule has 0 fully saturated rings. The Morgan fingerprint density at radius 2 is 2.05 bits per heavy atom. The van der Waals surface area contributed by atoms with Crippen molar-refractivity contribution in [3.05, 3.63) is 58.9 Å². The molecular formula is C16H17NO2. The van der Waals surface area contributed by atoms with Gasteiger partial charge in [0.1, 0.15) is 5.75 Å². The number of hydrogen-bond donors (Lipinski definition) is 0. The van der Waals surface area contributed by atoms with Crippen molar-refractivity contribution in [3.8, 4) is 5.75 Å². The minimum absolute atomic E-state index is 0.0300. The van der Waals surface area contributed by atoms with E-state index in [4.69, 9.17) is 4.74 Å². The maximum Gasteiger partial charge on any atom is 0.172 e. The number of Topliss-reactive ketones (excluding diaryl/α,β-unsaturated/α-hetero) is 1. The van der Waals surface area contributed by atoms with E-state index in [1.807, 2.05) is 44.2 Å². The molecular weight excluding hydrogens is 238 g/mol. The van der Waals surface area contributed by atoms with Crippen LogP contribution < -0.4 is 4.74 Å². The van der Waals surface area contributed by atoms with Crippen molar-refractivity contribution in [2.45, 2.75) is 20.3 Å². The van der Waals surface area contributed by atoms with Crippen LogP contribution in [0.15, 0.2) is 36.5 Å². The zero-order chi connectivity index (χ0) is 13.8. The number of pyridine rings is 1. The van der Waals surface area contributed by atoms with Crippen LogP contribution in [0.3, 0.4) is 0 Å². The second-order valence-electron chi connectivity index (χ2n) is 4.57. The topological polar surface area (TPSA) is 39.2 Å². The molecule has 2 rings (SSSR count). The summed E-state index contributed by atoms with van der Waals surface area (Å²) in [5.41, 5.74) is 3.51. The van der Waals surface area contributed by atoms with E-state index in [-0.39, 0.29) is 5.78 Å². The van der Waals surface area contributed by atoms with Crippen molar-refractivity contribution < 1.29 is 9.53 Å². The fourth-order valence-corrected chi connectivity index (χ4v) is 1.99. The number of ether oxygens (including phenoxy) is 1. The lowest BCUT2D eigenvalue weighted by atomic mass is 10.0. The lowest BCUT2D eigenvalue weighted by Crippen LogP contribution is -2.08. The van der Waals surface area contributed by atoms with Gasteiger partial charge < -0.3 is 4.74 Å². The van der Waals surface area contributed by atoms with Gasteiger partial charge in [-0.25, -0.2) is 0 Å². The predicted octanol–water partition coefficient (Wildman–Crippen LogP) is 3.13. The Morgan fingerprint density at radius 1 is 1.26 bits per heavy atom. The van der Waals surface area contributed by atoms with E-state index in [1.165, 1.54) is 0 Å². The molecule has 0 radical (unpaired) electrons. The highest BCUT2D eigenvalue weighted by molar-refractivity contribution is 6.00. The van der Waals surface area contributed by atoms with E-state index in [9.17, 15) is 4.79 Å². The first-order valence-corrected chi connectivity index (χ1v) is 6.20. The highest BCUT2D eigenvalue weighted by Crippen LogP contribution is 2.21. The number of ketones is 1. The van der Waals surface area contributed by atoms with Crippen LogP contribution in [0, 0.1) is 13.8 Å². The summed E-state index contributed by atoms with van der Waals surface area (Å²) in [4.78, 5) is 16.6. The number of hydrogen-bond acceptors (Lipinski definition) is 3. The molecule has 98 valence electrons. The molecule has 0 amide bonds. The van der Waals surface area contributed by atoms with E-state index < -0.39 is 0 Å². The molecule has 2 aromatic rings. The third-order valence-electron chi connectivity index (χ3n) is 3.10. The first-order valence-electron chi connectivity index (χ1n) is 6.20. The summed E-state index contributed by atoms with van der Waals surface area (Å²) in [5, 5.41) is 0. The van der Waals surface area contributed by atoms with Gasteiger partial charge >= 0.3 is 0 Å². The molecule has 0 unspecified atom stereocenters. The molecule has 1 aromatic carbocycles. The lowest BCUT2D eigenvalue weighted by molar-refractivity contribution is 0.0988. The van der Waals surface area contributed by atoms with Crippen molar-refractivity contribution >= 4 is 5.78 Å². The molecule has 0 bridgehead atoms. The number of nitrogens with zero attached hydrogens (tertiary/aromatic N) is 1. The van der Waals surface area contributed by atoms with Crippen LogP contribution in [0.25, 0.3) is 0 Å².